The summed E-state index contributed by atoms with van der Waals surface area (Å²) >= 11 is 0. The predicted octanol–water partition coefficient (Wildman–Crippen LogP) is 1.81. The maximum Gasteiger partial charge on any atom is 0.312 e. The van der Waals surface area contributed by atoms with Crippen LogP contribution in [-0.2, 0) is 30.4 Å². The molecule has 0 aliphatic carbocycles. The Morgan fingerprint density at radius 3 is 2.57 bits per heavy atom. The largest absolute Gasteiger partial charge is 0.466 e. The van der Waals surface area contributed by atoms with Gasteiger partial charge >= 0.3 is 5.97 Å². The van der Waals surface area contributed by atoms with Crippen LogP contribution in [0.4, 0.5) is 0 Å². The molecule has 0 aromatic heterocycles. The van der Waals surface area contributed by atoms with Gasteiger partial charge in [-0.1, -0.05) is 42.5 Å². The van der Waals surface area contributed by atoms with Crippen LogP contribution in [0.3, 0.4) is 0 Å². The highest BCUT2D eigenvalue weighted by molar-refractivity contribution is 5.99. The Morgan fingerprint density at radius 1 is 1.23 bits per heavy atom. The van der Waals surface area contributed by atoms with Gasteiger partial charge in [0.25, 0.3) is 0 Å². The summed E-state index contributed by atoms with van der Waals surface area (Å²) in [7, 11) is 0. The van der Waals surface area contributed by atoms with Crippen LogP contribution in [0, 0.1) is 11.8 Å². The van der Waals surface area contributed by atoms with Crippen molar-refractivity contribution in [1.29, 1.82) is 0 Å². The minimum atomic E-state index is -1.16. The standard InChI is InChI=1S/C23H28N2O5/c1-5-29-21(28)16-15-11-12-23(30-15)17(16)20(27)25(22(2,3)4)18(23)19(26)24-13-14-9-7-6-8-10-14/h6-12,15-18H,5,13H2,1-4H3,(H,24,26)/t15-,16+,17+,18-,23+/m0/s1. The normalized spacial score (nSPS) is 31.7. The van der Waals surface area contributed by atoms with Crippen LogP contribution in [0.25, 0.3) is 0 Å². The molecule has 2 bridgehead atoms. The number of carbonyl (C=O) groups excluding carboxylic acids is 3. The van der Waals surface area contributed by atoms with Gasteiger partial charge in [-0.2, -0.15) is 0 Å². The summed E-state index contributed by atoms with van der Waals surface area (Å²) in [5, 5.41) is 2.96. The third-order valence-electron chi connectivity index (χ3n) is 6.11. The van der Waals surface area contributed by atoms with E-state index in [0.29, 0.717) is 6.54 Å². The molecule has 2 saturated heterocycles. The first kappa shape index (κ1) is 20.6. The predicted molar refractivity (Wildman–Crippen MR) is 109 cm³/mol. The quantitative estimate of drug-likeness (QED) is 0.589. The third kappa shape index (κ3) is 3.03. The highest BCUT2D eigenvalue weighted by Crippen LogP contribution is 2.56. The van der Waals surface area contributed by atoms with E-state index in [0.717, 1.165) is 5.56 Å². The summed E-state index contributed by atoms with van der Waals surface area (Å²) in [6.07, 6.45) is 3.04. The van der Waals surface area contributed by atoms with Gasteiger partial charge in [-0.15, -0.1) is 0 Å². The molecule has 4 rings (SSSR count). The number of esters is 1. The maximum atomic E-state index is 13.6. The Hall–Kier alpha value is -2.67. The zero-order chi connectivity index (χ0) is 21.7. The van der Waals surface area contributed by atoms with Crippen LogP contribution in [-0.4, -0.2) is 52.6 Å². The van der Waals surface area contributed by atoms with Crippen molar-refractivity contribution in [2.45, 2.75) is 57.5 Å². The third-order valence-corrected chi connectivity index (χ3v) is 6.11. The van der Waals surface area contributed by atoms with Gasteiger partial charge in [0.05, 0.1) is 18.6 Å². The summed E-state index contributed by atoms with van der Waals surface area (Å²) in [5.41, 5.74) is -0.824. The molecule has 1 aromatic carbocycles. The number of amides is 2. The summed E-state index contributed by atoms with van der Waals surface area (Å²) in [5.74, 6) is -2.49. The summed E-state index contributed by atoms with van der Waals surface area (Å²) in [4.78, 5) is 41.2. The molecule has 3 aliphatic rings. The van der Waals surface area contributed by atoms with Crippen molar-refractivity contribution in [3.63, 3.8) is 0 Å². The SMILES string of the molecule is CCOC(=O)[C@@H]1[C@@H]2C=C[C@]3(O2)[C@H](C(=O)NCc2ccccc2)N(C(C)(C)C)C(=O)[C@@H]13. The molecule has 2 amide bonds. The molecule has 7 heteroatoms. The highest BCUT2D eigenvalue weighted by atomic mass is 16.6. The molecule has 3 aliphatic heterocycles. The number of hydrogen-bond donors (Lipinski definition) is 1. The van der Waals surface area contributed by atoms with E-state index in [1.807, 2.05) is 51.1 Å². The first-order chi connectivity index (χ1) is 14.2. The minimum absolute atomic E-state index is 0.226. The molecule has 1 spiro atoms. The molecule has 2 fully saturated rings. The molecule has 0 saturated carbocycles. The molecule has 160 valence electrons. The number of rotatable bonds is 5. The number of ether oxygens (including phenoxy) is 2. The topological polar surface area (TPSA) is 84.9 Å². The lowest BCUT2D eigenvalue weighted by molar-refractivity contribution is -0.155. The molecule has 5 atom stereocenters. The van der Waals surface area contributed by atoms with Gasteiger partial charge in [-0.25, -0.2) is 0 Å². The van der Waals surface area contributed by atoms with E-state index >= 15 is 0 Å². The van der Waals surface area contributed by atoms with Crippen molar-refractivity contribution >= 4 is 17.8 Å². The van der Waals surface area contributed by atoms with E-state index in [9.17, 15) is 14.4 Å². The van der Waals surface area contributed by atoms with Crippen LogP contribution >= 0.6 is 0 Å². The zero-order valence-electron chi connectivity index (χ0n) is 17.8. The van der Waals surface area contributed by atoms with Crippen LogP contribution in [0.15, 0.2) is 42.5 Å². The van der Waals surface area contributed by atoms with E-state index in [2.05, 4.69) is 5.32 Å². The maximum absolute atomic E-state index is 13.6. The van der Waals surface area contributed by atoms with Crippen molar-refractivity contribution in [2.75, 3.05) is 6.61 Å². The van der Waals surface area contributed by atoms with Crippen LogP contribution in [0.1, 0.15) is 33.3 Å². The lowest BCUT2D eigenvalue weighted by atomic mass is 9.74. The Bertz CT molecular complexity index is 891. The summed E-state index contributed by atoms with van der Waals surface area (Å²) in [6.45, 7) is 7.96. The van der Waals surface area contributed by atoms with Gasteiger partial charge in [-0.3, -0.25) is 14.4 Å². The molecule has 3 heterocycles. The average molecular weight is 412 g/mol. The molecule has 0 radical (unpaired) electrons. The fourth-order valence-corrected chi connectivity index (χ4v) is 4.98. The Balaban J connectivity index is 1.68. The Labute approximate surface area is 176 Å². The lowest BCUT2D eigenvalue weighted by Gasteiger charge is -2.39. The molecule has 7 nitrogen and oxygen atoms in total. The van der Waals surface area contributed by atoms with Crippen LogP contribution in [0.5, 0.6) is 0 Å². The monoisotopic (exact) mass is 412 g/mol. The number of nitrogens with zero attached hydrogens (tertiary/aromatic N) is 1. The van der Waals surface area contributed by atoms with Crippen molar-refractivity contribution in [3.8, 4) is 0 Å². The van der Waals surface area contributed by atoms with Crippen molar-refractivity contribution < 1.29 is 23.9 Å². The smallest absolute Gasteiger partial charge is 0.312 e. The Morgan fingerprint density at radius 2 is 1.93 bits per heavy atom. The fourth-order valence-electron chi connectivity index (χ4n) is 4.98. The number of fused-ring (bicyclic) bond motifs is 1. The molecular formula is C23H28N2O5. The minimum Gasteiger partial charge on any atom is -0.466 e. The summed E-state index contributed by atoms with van der Waals surface area (Å²) in [6, 6.07) is 8.72. The Kier molecular flexibility index (Phi) is 4.97. The second kappa shape index (κ2) is 7.23. The van der Waals surface area contributed by atoms with Gasteiger partial charge in [0.1, 0.15) is 17.6 Å². The lowest BCUT2D eigenvalue weighted by Crippen LogP contribution is -2.59. The highest BCUT2D eigenvalue weighted by Gasteiger charge is 2.74. The van der Waals surface area contributed by atoms with Crippen molar-refractivity contribution in [3.05, 3.63) is 48.0 Å². The number of hydrogen-bond acceptors (Lipinski definition) is 5. The molecule has 1 N–H and O–H groups in total. The number of benzene rings is 1. The van der Waals surface area contributed by atoms with Crippen LogP contribution in [0.2, 0.25) is 0 Å². The van der Waals surface area contributed by atoms with E-state index in [-0.39, 0.29) is 18.4 Å². The zero-order valence-corrected chi connectivity index (χ0v) is 17.8. The first-order valence-corrected chi connectivity index (χ1v) is 10.4. The van der Waals surface area contributed by atoms with Gasteiger partial charge in [0.15, 0.2) is 0 Å². The number of nitrogens with one attached hydrogen (secondary N) is 1. The van der Waals surface area contributed by atoms with E-state index in [4.69, 9.17) is 9.47 Å². The van der Waals surface area contributed by atoms with Crippen LogP contribution < -0.4 is 5.32 Å². The van der Waals surface area contributed by atoms with E-state index < -0.39 is 41.1 Å². The number of carbonyl (C=O) groups is 3. The first-order valence-electron chi connectivity index (χ1n) is 10.4. The van der Waals surface area contributed by atoms with Crippen molar-refractivity contribution in [1.82, 2.24) is 10.2 Å². The van der Waals surface area contributed by atoms with Gasteiger partial charge in [-0.05, 0) is 33.3 Å². The van der Waals surface area contributed by atoms with E-state index in [1.165, 1.54) is 0 Å². The van der Waals surface area contributed by atoms with Gasteiger partial charge in [0.2, 0.25) is 11.8 Å². The molecule has 1 aromatic rings. The number of likely N-dealkylation sites (tertiary alicyclic amines) is 1. The average Bonchev–Trinajstić information content (AvgIpc) is 3.34. The summed E-state index contributed by atoms with van der Waals surface area (Å²) < 4.78 is 11.4. The van der Waals surface area contributed by atoms with Crippen molar-refractivity contribution in [2.24, 2.45) is 11.8 Å². The van der Waals surface area contributed by atoms with Gasteiger partial charge < -0.3 is 19.7 Å². The second-order valence-corrected chi connectivity index (χ2v) is 9.04. The van der Waals surface area contributed by atoms with E-state index in [1.54, 1.807) is 24.0 Å². The van der Waals surface area contributed by atoms with Gasteiger partial charge in [0, 0.05) is 12.1 Å². The molecule has 30 heavy (non-hydrogen) atoms. The second-order valence-electron chi connectivity index (χ2n) is 9.04. The molecule has 0 unspecified atom stereocenters. The molecular weight excluding hydrogens is 384 g/mol. The fraction of sp³-hybridized carbons (Fsp3) is 0.522.